The molecular weight excluding hydrogens is 452 g/mol. The van der Waals surface area contributed by atoms with Crippen LogP contribution in [0, 0.1) is 22.0 Å². The topological polar surface area (TPSA) is 72.7 Å². The lowest BCUT2D eigenvalue weighted by atomic mass is 9.93. The molecule has 0 spiro atoms. The number of rotatable bonds is 21. The molecule has 0 heterocycles. The minimum atomic E-state index is -0.415. The molecule has 1 aromatic carbocycles. The molecule has 6 heteroatoms. The number of unbranched alkanes of at least 4 members (excludes halogenated alkanes) is 6. The van der Waals surface area contributed by atoms with Gasteiger partial charge in [0, 0.05) is 19.2 Å². The number of nitro benzene ring substituents is 1. The number of ether oxygens (including phenoxy) is 1. The van der Waals surface area contributed by atoms with Gasteiger partial charge in [-0.1, -0.05) is 104 Å². The number of hydrogen-bond donors (Lipinski definition) is 0. The van der Waals surface area contributed by atoms with Gasteiger partial charge in [-0.25, -0.2) is 4.79 Å². The molecule has 0 radical (unpaired) electrons. The molecule has 1 aromatic rings. The summed E-state index contributed by atoms with van der Waals surface area (Å²) < 4.78 is 5.71. The number of carbonyl (C=O) groups excluding carboxylic acids is 1. The Morgan fingerprint density at radius 2 is 1.33 bits per heavy atom. The Labute approximate surface area is 220 Å². The highest BCUT2D eigenvalue weighted by atomic mass is 16.6. The third kappa shape index (κ3) is 13.3. The van der Waals surface area contributed by atoms with E-state index in [1.54, 1.807) is 18.2 Å². The Morgan fingerprint density at radius 3 is 1.81 bits per heavy atom. The molecule has 1 amide bonds. The highest BCUT2D eigenvalue weighted by molar-refractivity contribution is 5.67. The van der Waals surface area contributed by atoms with Crippen LogP contribution in [0.15, 0.2) is 24.3 Å². The molecule has 0 aromatic heterocycles. The smallest absolute Gasteiger partial charge is 0.410 e. The Balaban J connectivity index is 2.95. The van der Waals surface area contributed by atoms with Crippen molar-refractivity contribution in [2.45, 2.75) is 124 Å². The molecule has 0 aliphatic carbocycles. The van der Waals surface area contributed by atoms with Gasteiger partial charge in [0.05, 0.1) is 10.5 Å². The molecule has 6 nitrogen and oxygen atoms in total. The molecular formula is C30H52N2O4. The van der Waals surface area contributed by atoms with Crippen molar-refractivity contribution in [1.82, 2.24) is 4.90 Å². The average molecular weight is 505 g/mol. The summed E-state index contributed by atoms with van der Waals surface area (Å²) in [5.74, 6) is 0.931. The van der Waals surface area contributed by atoms with Gasteiger partial charge in [-0.3, -0.25) is 10.1 Å². The number of para-hydroxylation sites is 1. The molecule has 0 N–H and O–H groups in total. The normalized spacial score (nSPS) is 12.8. The summed E-state index contributed by atoms with van der Waals surface area (Å²) in [6, 6.07) is 6.51. The first kappa shape index (κ1) is 31.9. The largest absolute Gasteiger partial charge is 0.444 e. The standard InChI is InChI=1S/C30H52N2O4/c1-5-9-11-13-19-26(17-7-3)23-31(24-27(18-8-4)20-14-12-10-6-2)30(33)36-25-28-21-15-16-22-29(28)32(34)35/h15-16,21-22,26-27H,5-14,17-20,23-25H2,1-4H3. The van der Waals surface area contributed by atoms with Crippen molar-refractivity contribution in [2.75, 3.05) is 13.1 Å². The fourth-order valence-corrected chi connectivity index (χ4v) is 5.08. The molecule has 0 saturated carbocycles. The Morgan fingerprint density at radius 1 is 0.806 bits per heavy atom. The third-order valence-electron chi connectivity index (χ3n) is 7.08. The van der Waals surface area contributed by atoms with E-state index in [1.807, 2.05) is 4.90 Å². The van der Waals surface area contributed by atoms with Crippen molar-refractivity contribution in [3.05, 3.63) is 39.9 Å². The van der Waals surface area contributed by atoms with Gasteiger partial charge < -0.3 is 9.64 Å². The first-order valence-electron chi connectivity index (χ1n) is 14.6. The van der Waals surface area contributed by atoms with E-state index in [0.29, 0.717) is 30.5 Å². The van der Waals surface area contributed by atoms with E-state index in [4.69, 9.17) is 4.74 Å². The van der Waals surface area contributed by atoms with E-state index in [9.17, 15) is 14.9 Å². The maximum atomic E-state index is 13.4. The summed E-state index contributed by atoms with van der Waals surface area (Å²) in [5.41, 5.74) is 0.432. The van der Waals surface area contributed by atoms with Crippen LogP contribution in [0.25, 0.3) is 0 Å². The fourth-order valence-electron chi connectivity index (χ4n) is 5.08. The lowest BCUT2D eigenvalue weighted by Crippen LogP contribution is -2.39. The monoisotopic (exact) mass is 504 g/mol. The van der Waals surface area contributed by atoms with Crippen LogP contribution in [0.3, 0.4) is 0 Å². The van der Waals surface area contributed by atoms with Crippen LogP contribution in [-0.4, -0.2) is 29.0 Å². The summed E-state index contributed by atoms with van der Waals surface area (Å²) in [7, 11) is 0. The highest BCUT2D eigenvalue weighted by Gasteiger charge is 2.24. The average Bonchev–Trinajstić information content (AvgIpc) is 2.87. The van der Waals surface area contributed by atoms with E-state index in [2.05, 4.69) is 27.7 Å². The van der Waals surface area contributed by atoms with Crippen LogP contribution in [0.1, 0.15) is 123 Å². The summed E-state index contributed by atoms with van der Waals surface area (Å²) in [4.78, 5) is 26.3. The fraction of sp³-hybridized carbons (Fsp3) is 0.767. The summed E-state index contributed by atoms with van der Waals surface area (Å²) in [5, 5.41) is 11.4. The van der Waals surface area contributed by atoms with Gasteiger partial charge in [-0.15, -0.1) is 0 Å². The second kappa shape index (κ2) is 20.0. The summed E-state index contributed by atoms with van der Waals surface area (Å²) in [6.07, 6.45) is 16.2. The van der Waals surface area contributed by atoms with Crippen LogP contribution in [0.4, 0.5) is 10.5 Å². The van der Waals surface area contributed by atoms with Crippen molar-refractivity contribution in [1.29, 1.82) is 0 Å². The van der Waals surface area contributed by atoms with Crippen molar-refractivity contribution >= 4 is 11.8 Å². The second-order valence-corrected chi connectivity index (χ2v) is 10.4. The number of nitrogens with zero attached hydrogens (tertiary/aromatic N) is 2. The molecule has 36 heavy (non-hydrogen) atoms. The maximum absolute atomic E-state index is 13.4. The molecule has 0 saturated heterocycles. The molecule has 2 atom stereocenters. The van der Waals surface area contributed by atoms with Crippen LogP contribution in [-0.2, 0) is 11.3 Å². The van der Waals surface area contributed by atoms with Crippen molar-refractivity contribution in [3.63, 3.8) is 0 Å². The van der Waals surface area contributed by atoms with E-state index >= 15 is 0 Å². The van der Waals surface area contributed by atoms with Crippen LogP contribution in [0.5, 0.6) is 0 Å². The van der Waals surface area contributed by atoms with Gasteiger partial charge in [0.25, 0.3) is 5.69 Å². The zero-order valence-corrected chi connectivity index (χ0v) is 23.5. The zero-order valence-electron chi connectivity index (χ0n) is 23.5. The zero-order chi connectivity index (χ0) is 26.6. The van der Waals surface area contributed by atoms with Crippen molar-refractivity contribution in [3.8, 4) is 0 Å². The van der Waals surface area contributed by atoms with Gasteiger partial charge in [-0.05, 0) is 43.6 Å². The van der Waals surface area contributed by atoms with E-state index in [0.717, 1.165) is 38.5 Å². The van der Waals surface area contributed by atoms with Gasteiger partial charge in [0.2, 0.25) is 0 Å². The highest BCUT2D eigenvalue weighted by Crippen LogP contribution is 2.24. The lowest BCUT2D eigenvalue weighted by molar-refractivity contribution is -0.385. The molecule has 0 bridgehead atoms. The van der Waals surface area contributed by atoms with Crippen LogP contribution >= 0.6 is 0 Å². The first-order chi connectivity index (χ1) is 17.5. The molecule has 0 aliphatic heterocycles. The third-order valence-corrected chi connectivity index (χ3v) is 7.08. The quantitative estimate of drug-likeness (QED) is 0.0949. The van der Waals surface area contributed by atoms with Crippen LogP contribution < -0.4 is 0 Å². The minimum Gasteiger partial charge on any atom is -0.444 e. The van der Waals surface area contributed by atoms with Gasteiger partial charge >= 0.3 is 6.09 Å². The maximum Gasteiger partial charge on any atom is 0.410 e. The van der Waals surface area contributed by atoms with Gasteiger partial charge in [-0.2, -0.15) is 0 Å². The summed E-state index contributed by atoms with van der Waals surface area (Å²) >= 11 is 0. The van der Waals surface area contributed by atoms with E-state index in [-0.39, 0.29) is 18.4 Å². The SMILES string of the molecule is CCCCCCC(CCC)CN(CC(CCC)CCCCCC)C(=O)OCc1ccccc1[N+](=O)[O-]. The van der Waals surface area contributed by atoms with Gasteiger partial charge in [0.1, 0.15) is 6.61 Å². The van der Waals surface area contributed by atoms with Gasteiger partial charge in [0.15, 0.2) is 0 Å². The molecule has 1 rings (SSSR count). The number of amides is 1. The molecule has 0 fully saturated rings. The number of carbonyl (C=O) groups is 1. The minimum absolute atomic E-state index is 0.00332. The first-order valence-corrected chi connectivity index (χ1v) is 14.6. The number of benzene rings is 1. The summed E-state index contributed by atoms with van der Waals surface area (Å²) in [6.45, 7) is 10.2. The molecule has 206 valence electrons. The predicted octanol–water partition coefficient (Wildman–Crippen LogP) is 9.31. The Hall–Kier alpha value is -2.11. The molecule has 2 unspecified atom stereocenters. The van der Waals surface area contributed by atoms with E-state index in [1.165, 1.54) is 57.4 Å². The van der Waals surface area contributed by atoms with Crippen molar-refractivity contribution in [2.24, 2.45) is 11.8 Å². The number of nitro groups is 1. The molecule has 0 aliphatic rings. The Bertz CT molecular complexity index is 701. The van der Waals surface area contributed by atoms with Crippen molar-refractivity contribution < 1.29 is 14.5 Å². The lowest BCUT2D eigenvalue weighted by Gasteiger charge is -2.30. The predicted molar refractivity (Wildman–Crippen MR) is 149 cm³/mol. The van der Waals surface area contributed by atoms with Crippen LogP contribution in [0.2, 0.25) is 0 Å². The second-order valence-electron chi connectivity index (χ2n) is 10.4. The van der Waals surface area contributed by atoms with E-state index < -0.39 is 4.92 Å². The number of hydrogen-bond acceptors (Lipinski definition) is 4. The Kier molecular flexibility index (Phi) is 17.7.